The first-order valence-corrected chi connectivity index (χ1v) is 7.74. The van der Waals surface area contributed by atoms with Crippen LogP contribution in [0, 0.1) is 11.8 Å². The van der Waals surface area contributed by atoms with E-state index in [1.54, 1.807) is 6.20 Å². The van der Waals surface area contributed by atoms with E-state index in [4.69, 9.17) is 17.3 Å². The Morgan fingerprint density at radius 3 is 2.90 bits per heavy atom. The molecule has 0 bridgehead atoms. The van der Waals surface area contributed by atoms with Crippen molar-refractivity contribution in [3.05, 3.63) is 21.6 Å². The number of hydrogen-bond acceptors (Lipinski definition) is 4. The lowest BCUT2D eigenvalue weighted by atomic mass is 9.79. The predicted molar refractivity (Wildman–Crippen MR) is 80.2 cm³/mol. The minimum Gasteiger partial charge on any atom is -0.368 e. The minimum absolute atomic E-state index is 0.196. The number of aryl methyl sites for hydroxylation is 1. The lowest BCUT2D eigenvalue weighted by Crippen LogP contribution is -2.32. The largest absolute Gasteiger partial charge is 0.368 e. The first kappa shape index (κ1) is 13.9. The molecular weight excluding hydrogens is 276 g/mol. The third-order valence-electron chi connectivity index (χ3n) is 4.70. The number of hydrogen-bond donors (Lipinski definition) is 1. The average Bonchev–Trinajstić information content (AvgIpc) is 2.84. The highest BCUT2D eigenvalue weighted by Crippen LogP contribution is 2.38. The molecule has 1 unspecified atom stereocenters. The fraction of sp³-hybridized carbons (Fsp3) is 0.714. The van der Waals surface area contributed by atoms with Crippen molar-refractivity contribution in [2.45, 2.75) is 38.8 Å². The lowest BCUT2D eigenvalue weighted by Gasteiger charge is -2.27. The van der Waals surface area contributed by atoms with Crippen LogP contribution in [0.2, 0.25) is 5.02 Å². The number of aromatic nitrogens is 2. The van der Waals surface area contributed by atoms with E-state index in [0.29, 0.717) is 29.4 Å². The molecule has 0 spiro atoms. The van der Waals surface area contributed by atoms with Gasteiger partial charge in [0, 0.05) is 25.7 Å². The van der Waals surface area contributed by atoms with E-state index in [1.165, 1.54) is 11.1 Å². The molecule has 110 valence electrons. The van der Waals surface area contributed by atoms with Crippen LogP contribution in [0.25, 0.3) is 0 Å². The van der Waals surface area contributed by atoms with Gasteiger partial charge in [0.1, 0.15) is 5.02 Å². The zero-order valence-electron chi connectivity index (χ0n) is 11.8. The van der Waals surface area contributed by atoms with Crippen molar-refractivity contribution in [1.82, 2.24) is 9.78 Å². The number of fused-ring (bicyclic) bond motifs is 1. The van der Waals surface area contributed by atoms with E-state index >= 15 is 0 Å². The molecular formula is C14H21ClN4O. The Bertz CT molecular complexity index is 559. The molecule has 0 radical (unpaired) electrons. The van der Waals surface area contributed by atoms with Crippen molar-refractivity contribution in [3.63, 3.8) is 0 Å². The molecule has 6 heteroatoms. The molecule has 1 aromatic rings. The van der Waals surface area contributed by atoms with Crippen molar-refractivity contribution >= 4 is 17.3 Å². The van der Waals surface area contributed by atoms with Crippen molar-refractivity contribution in [2.24, 2.45) is 17.6 Å². The highest BCUT2D eigenvalue weighted by Gasteiger charge is 2.37. The molecule has 1 aliphatic carbocycles. The molecule has 3 rings (SSSR count). The first-order chi connectivity index (χ1) is 9.60. The number of nitrogens with zero attached hydrogens (tertiary/aromatic N) is 3. The molecule has 0 amide bonds. The summed E-state index contributed by atoms with van der Waals surface area (Å²) in [5.41, 5.74) is 6.64. The molecule has 1 aliphatic heterocycles. The maximum absolute atomic E-state index is 12.1. The molecule has 1 aromatic heterocycles. The van der Waals surface area contributed by atoms with Crippen LogP contribution in [0.1, 0.15) is 26.2 Å². The van der Waals surface area contributed by atoms with Gasteiger partial charge in [-0.2, -0.15) is 5.10 Å². The Balaban J connectivity index is 1.85. The molecule has 20 heavy (non-hydrogen) atoms. The van der Waals surface area contributed by atoms with E-state index in [1.807, 2.05) is 6.92 Å². The van der Waals surface area contributed by atoms with Gasteiger partial charge in [-0.1, -0.05) is 11.6 Å². The summed E-state index contributed by atoms with van der Waals surface area (Å²) in [5, 5.41) is 4.48. The zero-order chi connectivity index (χ0) is 14.3. The third kappa shape index (κ3) is 2.33. The Labute approximate surface area is 123 Å². The van der Waals surface area contributed by atoms with Crippen LogP contribution in [0.5, 0.6) is 0 Å². The second-order valence-corrected chi connectivity index (χ2v) is 6.34. The van der Waals surface area contributed by atoms with Crippen LogP contribution in [0.15, 0.2) is 11.0 Å². The predicted octanol–water partition coefficient (Wildman–Crippen LogP) is 1.48. The quantitative estimate of drug-likeness (QED) is 0.898. The van der Waals surface area contributed by atoms with E-state index in [0.717, 1.165) is 31.6 Å². The second-order valence-electron chi connectivity index (χ2n) is 5.96. The summed E-state index contributed by atoms with van der Waals surface area (Å²) in [7, 11) is 0. The van der Waals surface area contributed by atoms with Crippen molar-refractivity contribution in [3.8, 4) is 0 Å². The van der Waals surface area contributed by atoms with Crippen LogP contribution >= 0.6 is 11.6 Å². The van der Waals surface area contributed by atoms with Gasteiger partial charge in [0.05, 0.1) is 11.9 Å². The summed E-state index contributed by atoms with van der Waals surface area (Å²) in [4.78, 5) is 14.3. The number of nitrogens with two attached hydrogens (primary N) is 1. The summed E-state index contributed by atoms with van der Waals surface area (Å²) in [6, 6.07) is 0.331. The molecule has 2 fully saturated rings. The maximum Gasteiger partial charge on any atom is 0.287 e. The van der Waals surface area contributed by atoms with Crippen molar-refractivity contribution < 1.29 is 0 Å². The highest BCUT2D eigenvalue weighted by atomic mass is 35.5. The first-order valence-electron chi connectivity index (χ1n) is 7.36. The van der Waals surface area contributed by atoms with Gasteiger partial charge in [0.25, 0.3) is 5.56 Å². The third-order valence-corrected chi connectivity index (χ3v) is 5.05. The molecule has 2 heterocycles. The molecule has 3 atom stereocenters. The molecule has 0 aromatic carbocycles. The van der Waals surface area contributed by atoms with Gasteiger partial charge >= 0.3 is 0 Å². The van der Waals surface area contributed by atoms with Gasteiger partial charge in [0.2, 0.25) is 0 Å². The normalized spacial score (nSPS) is 29.6. The molecule has 2 N–H and O–H groups in total. The average molecular weight is 297 g/mol. The molecule has 1 saturated carbocycles. The van der Waals surface area contributed by atoms with E-state index in [-0.39, 0.29) is 5.56 Å². The van der Waals surface area contributed by atoms with Gasteiger partial charge in [-0.3, -0.25) is 4.79 Å². The van der Waals surface area contributed by atoms with Crippen LogP contribution in [0.3, 0.4) is 0 Å². The Morgan fingerprint density at radius 1 is 1.40 bits per heavy atom. The Hall–Kier alpha value is -1.07. The van der Waals surface area contributed by atoms with Gasteiger partial charge in [0.15, 0.2) is 0 Å². The maximum atomic E-state index is 12.1. The van der Waals surface area contributed by atoms with Crippen molar-refractivity contribution in [2.75, 3.05) is 18.0 Å². The van der Waals surface area contributed by atoms with Crippen LogP contribution in [-0.4, -0.2) is 28.9 Å². The van der Waals surface area contributed by atoms with E-state index in [2.05, 4.69) is 10.00 Å². The number of halogens is 1. The van der Waals surface area contributed by atoms with E-state index < -0.39 is 0 Å². The monoisotopic (exact) mass is 296 g/mol. The number of anilines is 1. The summed E-state index contributed by atoms with van der Waals surface area (Å²) in [5.74, 6) is 1.31. The zero-order valence-corrected chi connectivity index (χ0v) is 12.5. The minimum atomic E-state index is -0.196. The van der Waals surface area contributed by atoms with Gasteiger partial charge in [-0.05, 0) is 38.0 Å². The standard InChI is InChI=1S/C14H21ClN4O/c1-2-19-14(20)13(15)12(6-17-19)18-7-9-3-4-11(16)5-10(9)8-18/h6,9-11H,2-5,7-8,16H2,1H3/t9-,10+,11?/m1/s1. The number of rotatable bonds is 2. The summed E-state index contributed by atoms with van der Waals surface area (Å²) in [6.07, 6.45) is 5.10. The van der Waals surface area contributed by atoms with Crippen molar-refractivity contribution in [1.29, 1.82) is 0 Å². The van der Waals surface area contributed by atoms with Gasteiger partial charge < -0.3 is 10.6 Å². The van der Waals surface area contributed by atoms with Crippen LogP contribution in [0.4, 0.5) is 5.69 Å². The van der Waals surface area contributed by atoms with Crippen LogP contribution < -0.4 is 16.2 Å². The smallest absolute Gasteiger partial charge is 0.287 e. The summed E-state index contributed by atoms with van der Waals surface area (Å²) < 4.78 is 1.39. The lowest BCUT2D eigenvalue weighted by molar-refractivity contribution is 0.271. The summed E-state index contributed by atoms with van der Waals surface area (Å²) >= 11 is 6.24. The van der Waals surface area contributed by atoms with E-state index in [9.17, 15) is 4.79 Å². The fourth-order valence-corrected chi connectivity index (χ4v) is 3.83. The highest BCUT2D eigenvalue weighted by molar-refractivity contribution is 6.33. The fourth-order valence-electron chi connectivity index (χ4n) is 3.57. The second kappa shape index (κ2) is 5.37. The SMILES string of the molecule is CCn1ncc(N2C[C@H]3CCC(N)C[C@H]3C2)c(Cl)c1=O. The topological polar surface area (TPSA) is 64.2 Å². The molecule has 5 nitrogen and oxygen atoms in total. The van der Waals surface area contributed by atoms with Crippen LogP contribution in [-0.2, 0) is 6.54 Å². The Kier molecular flexibility index (Phi) is 3.73. The van der Waals surface area contributed by atoms with Gasteiger partial charge in [-0.15, -0.1) is 0 Å². The van der Waals surface area contributed by atoms with Gasteiger partial charge in [-0.25, -0.2) is 4.68 Å². The summed E-state index contributed by atoms with van der Waals surface area (Å²) in [6.45, 7) is 4.33. The Morgan fingerprint density at radius 2 is 2.15 bits per heavy atom. The molecule has 1 saturated heterocycles. The molecule has 2 aliphatic rings.